The predicted molar refractivity (Wildman–Crippen MR) is 148 cm³/mol. The summed E-state index contributed by atoms with van der Waals surface area (Å²) in [6.07, 6.45) is 10.6. The van der Waals surface area contributed by atoms with Crippen LogP contribution < -0.4 is 4.74 Å². The lowest BCUT2D eigenvalue weighted by molar-refractivity contribution is 0.0190. The topological polar surface area (TPSA) is 126 Å². The molecule has 0 spiro atoms. The number of ether oxygens (including phenoxy) is 1. The SMILES string of the molecule is COc1cc(C)c(S(=O)(=O)N(Cc2nc(C(=O)N3CCC(O)(/C=C/c4ccncc4)CC3)co2)C2CC2)c(C)c1. The number of amides is 1. The number of hydrogen-bond donors (Lipinski definition) is 1. The van der Waals surface area contributed by atoms with Crippen LogP contribution in [0.2, 0.25) is 0 Å². The van der Waals surface area contributed by atoms with E-state index in [1.165, 1.54) is 10.6 Å². The van der Waals surface area contributed by atoms with E-state index < -0.39 is 15.6 Å². The van der Waals surface area contributed by atoms with Crippen LogP contribution in [0, 0.1) is 13.8 Å². The number of hydrogen-bond acceptors (Lipinski definition) is 8. The lowest BCUT2D eigenvalue weighted by Crippen LogP contribution is -2.45. The Morgan fingerprint density at radius 3 is 2.45 bits per heavy atom. The van der Waals surface area contributed by atoms with Gasteiger partial charge < -0.3 is 19.2 Å². The lowest BCUT2D eigenvalue weighted by atomic mass is 9.90. The minimum absolute atomic E-state index is 0.0647. The predicted octanol–water partition coefficient (Wildman–Crippen LogP) is 3.73. The van der Waals surface area contributed by atoms with Crippen LogP contribution in [0.25, 0.3) is 6.08 Å². The van der Waals surface area contributed by atoms with Crippen LogP contribution in [-0.4, -0.2) is 70.4 Å². The van der Waals surface area contributed by atoms with Gasteiger partial charge in [-0.1, -0.05) is 12.2 Å². The fourth-order valence-corrected chi connectivity index (χ4v) is 7.14. The maximum absolute atomic E-state index is 13.8. The van der Waals surface area contributed by atoms with E-state index in [9.17, 15) is 18.3 Å². The standard InChI is InChI=1S/C29H34N4O6S/c1-20-16-24(38-3)17-21(2)27(20)40(36,37)33(23-4-5-23)18-26-31-25(19-39-26)28(34)32-14-10-29(35,11-15-32)9-6-22-7-12-30-13-8-22/h6-9,12-13,16-17,19,23,35H,4-5,10-11,14-15,18H2,1-3H3/b9-6+. The summed E-state index contributed by atoms with van der Waals surface area (Å²) in [6, 6.07) is 6.99. The van der Waals surface area contributed by atoms with Crippen LogP contribution in [0.5, 0.6) is 5.75 Å². The number of aryl methyl sites for hydroxylation is 2. The molecule has 3 heterocycles. The third-order valence-electron chi connectivity index (χ3n) is 7.46. The van der Waals surface area contributed by atoms with E-state index in [2.05, 4.69) is 9.97 Å². The first-order valence-electron chi connectivity index (χ1n) is 13.3. The van der Waals surface area contributed by atoms with Crippen molar-refractivity contribution in [1.82, 2.24) is 19.2 Å². The maximum Gasteiger partial charge on any atom is 0.275 e. The summed E-state index contributed by atoms with van der Waals surface area (Å²) in [4.78, 5) is 23.4. The van der Waals surface area contributed by atoms with Gasteiger partial charge in [-0.25, -0.2) is 13.4 Å². The molecule has 2 aliphatic rings. The van der Waals surface area contributed by atoms with Crippen molar-refractivity contribution in [2.75, 3.05) is 20.2 Å². The van der Waals surface area contributed by atoms with E-state index in [0.29, 0.717) is 42.8 Å². The highest BCUT2D eigenvalue weighted by Gasteiger charge is 2.41. The number of rotatable bonds is 9. The van der Waals surface area contributed by atoms with Crippen molar-refractivity contribution in [3.63, 3.8) is 0 Å². The van der Waals surface area contributed by atoms with Gasteiger partial charge in [-0.2, -0.15) is 4.31 Å². The van der Waals surface area contributed by atoms with Gasteiger partial charge in [0, 0.05) is 31.5 Å². The molecular weight excluding hydrogens is 532 g/mol. The minimum Gasteiger partial charge on any atom is -0.497 e. The van der Waals surface area contributed by atoms with Gasteiger partial charge in [-0.3, -0.25) is 9.78 Å². The Balaban J connectivity index is 1.26. The number of likely N-dealkylation sites (tertiary alicyclic amines) is 1. The Labute approximate surface area is 234 Å². The van der Waals surface area contributed by atoms with Gasteiger partial charge in [-0.15, -0.1) is 0 Å². The number of piperidine rings is 1. The second-order valence-corrected chi connectivity index (χ2v) is 12.3. The zero-order valence-electron chi connectivity index (χ0n) is 22.9. The quantitative estimate of drug-likeness (QED) is 0.415. The molecule has 0 unspecified atom stereocenters. The number of carbonyl (C=O) groups excluding carboxylic acids is 1. The summed E-state index contributed by atoms with van der Waals surface area (Å²) in [5.41, 5.74) is 1.26. The van der Waals surface area contributed by atoms with E-state index in [1.807, 2.05) is 18.2 Å². The molecule has 11 heteroatoms. The average Bonchev–Trinajstić information content (AvgIpc) is 3.67. The molecule has 3 aromatic rings. The molecule has 1 N–H and O–H groups in total. The molecular formula is C29H34N4O6S. The number of sulfonamides is 1. The number of oxazole rings is 1. The molecule has 1 aromatic carbocycles. The number of nitrogens with zero attached hydrogens (tertiary/aromatic N) is 4. The molecule has 1 saturated carbocycles. The third-order valence-corrected chi connectivity index (χ3v) is 9.67. The number of benzene rings is 1. The average molecular weight is 567 g/mol. The number of aromatic nitrogens is 2. The Morgan fingerprint density at radius 2 is 1.85 bits per heavy atom. The van der Waals surface area contributed by atoms with Gasteiger partial charge in [0.2, 0.25) is 15.9 Å². The Kier molecular flexibility index (Phi) is 7.80. The van der Waals surface area contributed by atoms with Gasteiger partial charge in [0.25, 0.3) is 5.91 Å². The van der Waals surface area contributed by atoms with Gasteiger partial charge in [-0.05, 0) is 80.5 Å². The van der Waals surface area contributed by atoms with E-state index in [1.54, 1.807) is 56.5 Å². The maximum atomic E-state index is 13.8. The lowest BCUT2D eigenvalue weighted by Gasteiger charge is -2.36. The molecule has 212 valence electrons. The fourth-order valence-electron chi connectivity index (χ4n) is 5.09. The molecule has 5 rings (SSSR count). The summed E-state index contributed by atoms with van der Waals surface area (Å²) in [5.74, 6) is 0.456. The summed E-state index contributed by atoms with van der Waals surface area (Å²) < 4.78 is 39.8. The normalized spacial score (nSPS) is 17.5. The van der Waals surface area contributed by atoms with Crippen LogP contribution in [0.15, 0.2) is 58.3 Å². The molecule has 10 nitrogen and oxygen atoms in total. The first kappa shape index (κ1) is 28.0. The largest absolute Gasteiger partial charge is 0.497 e. The van der Waals surface area contributed by atoms with Crippen molar-refractivity contribution in [3.8, 4) is 5.75 Å². The van der Waals surface area contributed by atoms with Crippen LogP contribution in [0.1, 0.15) is 58.8 Å². The molecule has 40 heavy (non-hydrogen) atoms. The van der Waals surface area contributed by atoms with Crippen LogP contribution in [0.4, 0.5) is 0 Å². The molecule has 2 aromatic heterocycles. The van der Waals surface area contributed by atoms with Crippen molar-refractivity contribution < 1.29 is 27.5 Å². The Bertz CT molecular complexity index is 1480. The number of carbonyl (C=O) groups is 1. The molecule has 1 saturated heterocycles. The molecule has 1 amide bonds. The Morgan fingerprint density at radius 1 is 1.20 bits per heavy atom. The van der Waals surface area contributed by atoms with Crippen molar-refractivity contribution in [2.45, 2.75) is 62.6 Å². The summed E-state index contributed by atoms with van der Waals surface area (Å²) >= 11 is 0. The van der Waals surface area contributed by atoms with Crippen molar-refractivity contribution in [2.24, 2.45) is 0 Å². The first-order valence-corrected chi connectivity index (χ1v) is 14.8. The Hall–Kier alpha value is -3.54. The van der Waals surface area contributed by atoms with Gasteiger partial charge >= 0.3 is 0 Å². The second-order valence-electron chi connectivity index (χ2n) is 10.5. The second kappa shape index (κ2) is 11.1. The third kappa shape index (κ3) is 5.96. The van der Waals surface area contributed by atoms with Crippen LogP contribution in [-0.2, 0) is 16.6 Å². The smallest absolute Gasteiger partial charge is 0.275 e. The minimum atomic E-state index is -3.85. The van der Waals surface area contributed by atoms with E-state index in [-0.39, 0.29) is 35.0 Å². The zero-order valence-corrected chi connectivity index (χ0v) is 23.7. The van der Waals surface area contributed by atoms with Crippen molar-refractivity contribution >= 4 is 22.0 Å². The highest BCUT2D eigenvalue weighted by Crippen LogP contribution is 2.36. The van der Waals surface area contributed by atoms with Crippen LogP contribution in [0.3, 0.4) is 0 Å². The zero-order chi connectivity index (χ0) is 28.5. The molecule has 0 radical (unpaired) electrons. The van der Waals surface area contributed by atoms with Crippen molar-refractivity contribution in [3.05, 3.63) is 77.3 Å². The molecule has 0 atom stereocenters. The van der Waals surface area contributed by atoms with Gasteiger partial charge in [0.05, 0.1) is 24.2 Å². The fraction of sp³-hybridized carbons (Fsp3) is 0.414. The molecule has 1 aliphatic carbocycles. The van der Waals surface area contributed by atoms with Crippen molar-refractivity contribution in [1.29, 1.82) is 0 Å². The highest BCUT2D eigenvalue weighted by molar-refractivity contribution is 7.89. The molecule has 0 bridgehead atoms. The summed E-state index contributed by atoms with van der Waals surface area (Å²) in [7, 11) is -2.30. The highest BCUT2D eigenvalue weighted by atomic mass is 32.2. The van der Waals surface area contributed by atoms with Crippen LogP contribution >= 0.6 is 0 Å². The van der Waals surface area contributed by atoms with Gasteiger partial charge in [0.15, 0.2) is 5.69 Å². The molecule has 1 aliphatic heterocycles. The van der Waals surface area contributed by atoms with Gasteiger partial charge in [0.1, 0.15) is 12.0 Å². The summed E-state index contributed by atoms with van der Waals surface area (Å²) in [5, 5.41) is 11.0. The van der Waals surface area contributed by atoms with E-state index in [4.69, 9.17) is 9.15 Å². The molecule has 2 fully saturated rings. The monoisotopic (exact) mass is 566 g/mol. The summed E-state index contributed by atoms with van der Waals surface area (Å²) in [6.45, 7) is 4.16. The van der Waals surface area contributed by atoms with E-state index >= 15 is 0 Å². The number of aliphatic hydroxyl groups is 1. The number of pyridine rings is 1. The number of methoxy groups -OCH3 is 1. The van der Waals surface area contributed by atoms with E-state index in [0.717, 1.165) is 18.4 Å². The first-order chi connectivity index (χ1) is 19.1.